The Morgan fingerprint density at radius 2 is 1.52 bits per heavy atom. The van der Waals surface area contributed by atoms with E-state index in [0.29, 0.717) is 5.69 Å². The monoisotopic (exact) mass is 365 g/mol. The quantitative estimate of drug-likeness (QED) is 0.790. The summed E-state index contributed by atoms with van der Waals surface area (Å²) in [7, 11) is 3.93. The van der Waals surface area contributed by atoms with Crippen LogP contribution in [0.2, 0.25) is 0 Å². The molecule has 0 unspecified atom stereocenters. The molecule has 0 radical (unpaired) electrons. The molecule has 0 heterocycles. The topological polar surface area (TPSA) is 61.4 Å². The third kappa shape index (κ3) is 5.99. The fourth-order valence-electron chi connectivity index (χ4n) is 2.22. The van der Waals surface area contributed by atoms with Crippen molar-refractivity contribution in [2.24, 2.45) is 5.41 Å². The Labute approximate surface area is 161 Å². The van der Waals surface area contributed by atoms with Crippen LogP contribution in [0.3, 0.4) is 0 Å². The number of benzene rings is 2. The average molecular weight is 365 g/mol. The lowest BCUT2D eigenvalue weighted by molar-refractivity contribution is -0.128. The summed E-state index contributed by atoms with van der Waals surface area (Å²) in [6, 6.07) is 16.9. The first-order chi connectivity index (χ1) is 12.7. The van der Waals surface area contributed by atoms with Crippen molar-refractivity contribution < 1.29 is 9.59 Å². The summed E-state index contributed by atoms with van der Waals surface area (Å²) in [6.07, 6.45) is 1.68. The van der Waals surface area contributed by atoms with Crippen LogP contribution in [0, 0.1) is 5.41 Å². The first kappa shape index (κ1) is 20.2. The maximum atomic E-state index is 12.8. The SMILES string of the molecule is CN(C)c1ccc(/C=C(/NC(=O)C(C)(C)C)C(=O)Nc2ccccc2)cc1. The van der Waals surface area contributed by atoms with E-state index in [0.717, 1.165) is 11.3 Å². The molecule has 0 aliphatic heterocycles. The molecule has 0 spiro atoms. The van der Waals surface area contributed by atoms with Gasteiger partial charge in [0.2, 0.25) is 5.91 Å². The Bertz CT molecular complexity index is 817. The van der Waals surface area contributed by atoms with E-state index in [1.165, 1.54) is 0 Å². The maximum absolute atomic E-state index is 12.8. The van der Waals surface area contributed by atoms with Gasteiger partial charge in [-0.25, -0.2) is 0 Å². The highest BCUT2D eigenvalue weighted by molar-refractivity contribution is 6.09. The van der Waals surface area contributed by atoms with Crippen molar-refractivity contribution in [1.82, 2.24) is 5.32 Å². The van der Waals surface area contributed by atoms with Gasteiger partial charge in [0.1, 0.15) is 5.70 Å². The average Bonchev–Trinajstić information content (AvgIpc) is 2.61. The minimum atomic E-state index is -0.610. The smallest absolute Gasteiger partial charge is 0.272 e. The highest BCUT2D eigenvalue weighted by Crippen LogP contribution is 2.17. The molecule has 0 fully saturated rings. The summed E-state index contributed by atoms with van der Waals surface area (Å²) in [4.78, 5) is 27.2. The standard InChI is InChI=1S/C22H27N3O2/c1-22(2,3)21(27)24-19(20(26)23-17-9-7-6-8-10-17)15-16-11-13-18(14-12-16)25(4)5/h6-15H,1-5H3,(H,23,26)(H,24,27)/b19-15+. The van der Waals surface area contributed by atoms with E-state index in [4.69, 9.17) is 0 Å². The van der Waals surface area contributed by atoms with Crippen LogP contribution in [0.15, 0.2) is 60.3 Å². The summed E-state index contributed by atoms with van der Waals surface area (Å²) in [5.41, 5.74) is 2.15. The predicted molar refractivity (Wildman–Crippen MR) is 111 cm³/mol. The normalized spacial score (nSPS) is 11.7. The molecular weight excluding hydrogens is 338 g/mol. The van der Waals surface area contributed by atoms with Crippen LogP contribution in [0.5, 0.6) is 0 Å². The number of para-hydroxylation sites is 1. The fourth-order valence-corrected chi connectivity index (χ4v) is 2.22. The van der Waals surface area contributed by atoms with Crippen LogP contribution in [0.25, 0.3) is 6.08 Å². The van der Waals surface area contributed by atoms with Crippen molar-refractivity contribution in [1.29, 1.82) is 0 Å². The van der Waals surface area contributed by atoms with Crippen molar-refractivity contribution in [3.8, 4) is 0 Å². The Hall–Kier alpha value is -3.08. The highest BCUT2D eigenvalue weighted by Gasteiger charge is 2.24. The zero-order valence-corrected chi connectivity index (χ0v) is 16.5. The van der Waals surface area contributed by atoms with Gasteiger partial charge < -0.3 is 15.5 Å². The van der Waals surface area contributed by atoms with Gasteiger partial charge in [-0.1, -0.05) is 51.1 Å². The number of anilines is 2. The number of carbonyl (C=O) groups excluding carboxylic acids is 2. The lowest BCUT2D eigenvalue weighted by Crippen LogP contribution is -2.38. The van der Waals surface area contributed by atoms with Gasteiger partial charge >= 0.3 is 0 Å². The van der Waals surface area contributed by atoms with E-state index in [9.17, 15) is 9.59 Å². The second-order valence-electron chi connectivity index (χ2n) is 7.57. The molecule has 142 valence electrons. The van der Waals surface area contributed by atoms with Gasteiger partial charge in [0.05, 0.1) is 0 Å². The van der Waals surface area contributed by atoms with Gasteiger partial charge in [0.25, 0.3) is 5.91 Å². The summed E-state index contributed by atoms with van der Waals surface area (Å²) in [5.74, 6) is -0.586. The minimum Gasteiger partial charge on any atom is -0.378 e. The van der Waals surface area contributed by atoms with E-state index < -0.39 is 5.41 Å². The van der Waals surface area contributed by atoms with Crippen LogP contribution in [0.4, 0.5) is 11.4 Å². The Kier molecular flexibility index (Phi) is 6.40. The number of hydrogen-bond acceptors (Lipinski definition) is 3. The van der Waals surface area contributed by atoms with Gasteiger partial charge in [-0.05, 0) is 35.9 Å². The van der Waals surface area contributed by atoms with Crippen molar-refractivity contribution in [2.75, 3.05) is 24.3 Å². The second-order valence-corrected chi connectivity index (χ2v) is 7.57. The molecule has 2 aromatic rings. The largest absolute Gasteiger partial charge is 0.378 e. The van der Waals surface area contributed by atoms with Gasteiger partial charge in [-0.15, -0.1) is 0 Å². The molecule has 2 rings (SSSR count). The first-order valence-electron chi connectivity index (χ1n) is 8.84. The van der Waals surface area contributed by atoms with Crippen LogP contribution >= 0.6 is 0 Å². The molecule has 0 aromatic heterocycles. The molecule has 5 nitrogen and oxygen atoms in total. The zero-order valence-electron chi connectivity index (χ0n) is 16.5. The molecule has 5 heteroatoms. The molecule has 0 atom stereocenters. The summed E-state index contributed by atoms with van der Waals surface area (Å²) in [5, 5.41) is 5.58. The van der Waals surface area contributed by atoms with Gasteiger partial charge in [-0.2, -0.15) is 0 Å². The molecular formula is C22H27N3O2. The van der Waals surface area contributed by atoms with E-state index in [1.807, 2.05) is 61.5 Å². The molecule has 0 saturated carbocycles. The van der Waals surface area contributed by atoms with Gasteiger partial charge in [0, 0.05) is 30.9 Å². The molecule has 2 amide bonds. The Morgan fingerprint density at radius 3 is 2.04 bits per heavy atom. The van der Waals surface area contributed by atoms with Crippen molar-refractivity contribution >= 4 is 29.3 Å². The predicted octanol–water partition coefficient (Wildman–Crippen LogP) is 3.89. The lowest BCUT2D eigenvalue weighted by Gasteiger charge is -2.19. The number of nitrogens with zero attached hydrogens (tertiary/aromatic N) is 1. The maximum Gasteiger partial charge on any atom is 0.272 e. The van der Waals surface area contributed by atoms with Crippen molar-refractivity contribution in [3.63, 3.8) is 0 Å². The third-order valence-electron chi connectivity index (χ3n) is 3.93. The number of carbonyl (C=O) groups is 2. The number of hydrogen-bond donors (Lipinski definition) is 2. The number of amides is 2. The molecule has 0 aliphatic rings. The number of nitrogens with one attached hydrogen (secondary N) is 2. The Balaban J connectivity index is 2.30. The third-order valence-corrected chi connectivity index (χ3v) is 3.93. The lowest BCUT2D eigenvalue weighted by atomic mass is 9.95. The van der Waals surface area contributed by atoms with Crippen molar-refractivity contribution in [2.45, 2.75) is 20.8 Å². The van der Waals surface area contributed by atoms with Crippen LogP contribution in [-0.4, -0.2) is 25.9 Å². The van der Waals surface area contributed by atoms with E-state index >= 15 is 0 Å². The van der Waals surface area contributed by atoms with Crippen LogP contribution in [0.1, 0.15) is 26.3 Å². The highest BCUT2D eigenvalue weighted by atomic mass is 16.2. The molecule has 0 saturated heterocycles. The Morgan fingerprint density at radius 1 is 0.926 bits per heavy atom. The summed E-state index contributed by atoms with van der Waals surface area (Å²) in [6.45, 7) is 5.42. The molecule has 2 N–H and O–H groups in total. The van der Waals surface area contributed by atoms with Crippen LogP contribution < -0.4 is 15.5 Å². The molecule has 2 aromatic carbocycles. The van der Waals surface area contributed by atoms with E-state index in [1.54, 1.807) is 39.0 Å². The fraction of sp³-hybridized carbons (Fsp3) is 0.273. The van der Waals surface area contributed by atoms with E-state index in [-0.39, 0.29) is 17.5 Å². The van der Waals surface area contributed by atoms with Crippen LogP contribution in [-0.2, 0) is 9.59 Å². The minimum absolute atomic E-state index is 0.205. The van der Waals surface area contributed by atoms with Gasteiger partial charge in [-0.3, -0.25) is 9.59 Å². The molecule has 0 aliphatic carbocycles. The zero-order chi connectivity index (χ0) is 20.0. The second kappa shape index (κ2) is 8.54. The molecule has 27 heavy (non-hydrogen) atoms. The molecule has 0 bridgehead atoms. The summed E-state index contributed by atoms with van der Waals surface area (Å²) >= 11 is 0. The van der Waals surface area contributed by atoms with E-state index in [2.05, 4.69) is 10.6 Å². The van der Waals surface area contributed by atoms with Crippen molar-refractivity contribution in [3.05, 3.63) is 65.9 Å². The van der Waals surface area contributed by atoms with Gasteiger partial charge in [0.15, 0.2) is 0 Å². The summed E-state index contributed by atoms with van der Waals surface area (Å²) < 4.78 is 0. The first-order valence-corrected chi connectivity index (χ1v) is 8.84. The number of rotatable bonds is 5.